The van der Waals surface area contributed by atoms with Crippen LogP contribution in [0.4, 0.5) is 9.59 Å². The topological polar surface area (TPSA) is 144 Å². The number of amides is 4. The fraction of sp³-hybridized carbons (Fsp3) is 0.645. The molecule has 0 bridgehead atoms. The van der Waals surface area contributed by atoms with Gasteiger partial charge in [0.15, 0.2) is 0 Å². The van der Waals surface area contributed by atoms with Crippen molar-refractivity contribution in [2.45, 2.75) is 77.5 Å². The Hall–Kier alpha value is -3.83. The van der Waals surface area contributed by atoms with Crippen molar-refractivity contribution in [1.82, 2.24) is 20.4 Å². The van der Waals surface area contributed by atoms with Crippen molar-refractivity contribution in [3.63, 3.8) is 0 Å². The molecule has 2 aliphatic heterocycles. The van der Waals surface area contributed by atoms with Crippen LogP contribution in [0.5, 0.6) is 0 Å². The number of ether oxygens (including phenoxy) is 3. The summed E-state index contributed by atoms with van der Waals surface area (Å²) in [4.78, 5) is 66.2. The van der Waals surface area contributed by atoms with Gasteiger partial charge in [0, 0.05) is 39.1 Å². The molecular weight excluding hydrogens is 556 g/mol. The summed E-state index contributed by atoms with van der Waals surface area (Å²) < 4.78 is 15.4. The highest BCUT2D eigenvalue weighted by molar-refractivity contribution is 5.84. The monoisotopic (exact) mass is 602 g/mol. The van der Waals surface area contributed by atoms with Gasteiger partial charge < -0.3 is 34.6 Å². The van der Waals surface area contributed by atoms with Gasteiger partial charge in [0.25, 0.3) is 0 Å². The molecule has 2 fully saturated rings. The molecular formula is C31H46N4O8. The number of rotatable bonds is 10. The maximum Gasteiger partial charge on any atom is 0.410 e. The molecule has 0 unspecified atom stereocenters. The van der Waals surface area contributed by atoms with Crippen LogP contribution in [0.15, 0.2) is 30.3 Å². The Balaban J connectivity index is 1.40. The summed E-state index contributed by atoms with van der Waals surface area (Å²) in [5.41, 5.74) is 0.265. The standard InChI is InChI=1S/C31H46N4O8/c1-31(2,3)43-30(40)34-17-14-22(15-18-34)12-13-26(36)35-16-8-11-24(20-35)27(37)32-19-25(28(38)41-4)33-29(39)42-21-23-9-6-5-7-10-23/h5-7,9-10,22,24-25H,8,11-21H2,1-4H3,(H,32,37)(H,33,39)/t24-,25+/m0/s1. The molecule has 1 aromatic rings. The SMILES string of the molecule is COC(=O)[C@@H](CNC(=O)[C@H]1CCCN(C(=O)CCC2CCN(C(=O)OC(C)(C)C)CC2)C1)NC(=O)OCc1ccccc1. The highest BCUT2D eigenvalue weighted by atomic mass is 16.6. The minimum atomic E-state index is -1.12. The fourth-order valence-electron chi connectivity index (χ4n) is 5.22. The van der Waals surface area contributed by atoms with E-state index in [4.69, 9.17) is 14.2 Å². The van der Waals surface area contributed by atoms with Crippen LogP contribution in [0.25, 0.3) is 0 Å². The molecule has 1 aromatic carbocycles. The van der Waals surface area contributed by atoms with Gasteiger partial charge in [-0.25, -0.2) is 14.4 Å². The quantitative estimate of drug-likeness (QED) is 0.307. The molecule has 0 radical (unpaired) electrons. The molecule has 3 rings (SSSR count). The van der Waals surface area contributed by atoms with E-state index in [0.29, 0.717) is 51.4 Å². The number of likely N-dealkylation sites (tertiary alicyclic amines) is 2. The van der Waals surface area contributed by atoms with E-state index in [9.17, 15) is 24.0 Å². The van der Waals surface area contributed by atoms with E-state index >= 15 is 0 Å². The summed E-state index contributed by atoms with van der Waals surface area (Å²) in [6.45, 7) is 7.54. The first-order valence-corrected chi connectivity index (χ1v) is 15.0. The van der Waals surface area contributed by atoms with Crippen molar-refractivity contribution in [2.24, 2.45) is 11.8 Å². The predicted octanol–water partition coefficient (Wildman–Crippen LogP) is 3.24. The molecule has 2 aliphatic rings. The first kappa shape index (κ1) is 33.7. The largest absolute Gasteiger partial charge is 0.467 e. The molecule has 12 nitrogen and oxygen atoms in total. The zero-order valence-corrected chi connectivity index (χ0v) is 25.8. The van der Waals surface area contributed by atoms with Gasteiger partial charge in [0.2, 0.25) is 11.8 Å². The zero-order valence-electron chi connectivity index (χ0n) is 25.8. The van der Waals surface area contributed by atoms with Crippen LogP contribution < -0.4 is 10.6 Å². The van der Waals surface area contributed by atoms with Crippen molar-refractivity contribution < 1.29 is 38.2 Å². The Morgan fingerprint density at radius 2 is 1.67 bits per heavy atom. The molecule has 0 saturated carbocycles. The molecule has 2 atom stereocenters. The first-order chi connectivity index (χ1) is 20.4. The van der Waals surface area contributed by atoms with Crippen LogP contribution in [0, 0.1) is 11.8 Å². The molecule has 0 spiro atoms. The lowest BCUT2D eigenvalue weighted by Gasteiger charge is -2.34. The third-order valence-electron chi connectivity index (χ3n) is 7.65. The number of hydrogen-bond donors (Lipinski definition) is 2. The highest BCUT2D eigenvalue weighted by Gasteiger charge is 2.31. The van der Waals surface area contributed by atoms with Gasteiger partial charge in [-0.1, -0.05) is 30.3 Å². The molecule has 2 heterocycles. The van der Waals surface area contributed by atoms with E-state index in [-0.39, 0.29) is 31.1 Å². The summed E-state index contributed by atoms with van der Waals surface area (Å²) in [7, 11) is 1.20. The minimum absolute atomic E-state index is 0.0161. The number of nitrogens with one attached hydrogen (secondary N) is 2. The Morgan fingerprint density at radius 3 is 2.33 bits per heavy atom. The molecule has 2 N–H and O–H groups in total. The molecule has 238 valence electrons. The van der Waals surface area contributed by atoms with Crippen LogP contribution in [0.3, 0.4) is 0 Å². The number of methoxy groups -OCH3 is 1. The van der Waals surface area contributed by atoms with Crippen LogP contribution >= 0.6 is 0 Å². The lowest BCUT2D eigenvalue weighted by atomic mass is 9.91. The summed E-state index contributed by atoms with van der Waals surface area (Å²) in [6, 6.07) is 7.98. The Labute approximate surface area is 253 Å². The average Bonchev–Trinajstić information content (AvgIpc) is 3.00. The third kappa shape index (κ3) is 11.4. The van der Waals surface area contributed by atoms with E-state index in [1.54, 1.807) is 21.9 Å². The number of alkyl carbamates (subject to hydrolysis) is 1. The molecule has 0 aliphatic carbocycles. The highest BCUT2D eigenvalue weighted by Crippen LogP contribution is 2.25. The van der Waals surface area contributed by atoms with E-state index in [0.717, 1.165) is 24.8 Å². The van der Waals surface area contributed by atoms with Gasteiger partial charge in [-0.3, -0.25) is 9.59 Å². The Kier molecular flexibility index (Phi) is 12.6. The lowest BCUT2D eigenvalue weighted by molar-refractivity contribution is -0.143. The Bertz CT molecular complexity index is 1100. The Morgan fingerprint density at radius 1 is 0.977 bits per heavy atom. The lowest BCUT2D eigenvalue weighted by Crippen LogP contribution is -2.51. The van der Waals surface area contributed by atoms with E-state index in [1.165, 1.54) is 7.11 Å². The van der Waals surface area contributed by atoms with E-state index < -0.39 is 29.6 Å². The van der Waals surface area contributed by atoms with Crippen molar-refractivity contribution in [1.29, 1.82) is 0 Å². The van der Waals surface area contributed by atoms with E-state index in [2.05, 4.69) is 10.6 Å². The maximum atomic E-state index is 13.0. The normalized spacial score (nSPS) is 18.3. The fourth-order valence-corrected chi connectivity index (χ4v) is 5.22. The van der Waals surface area contributed by atoms with Gasteiger partial charge in [-0.05, 0) is 64.4 Å². The number of hydrogen-bond acceptors (Lipinski definition) is 8. The number of carbonyl (C=O) groups excluding carboxylic acids is 5. The second kappa shape index (κ2) is 16.1. The van der Waals surface area contributed by atoms with Crippen molar-refractivity contribution in [3.05, 3.63) is 35.9 Å². The second-order valence-electron chi connectivity index (χ2n) is 12.2. The molecule has 12 heteroatoms. The first-order valence-electron chi connectivity index (χ1n) is 15.0. The van der Waals surface area contributed by atoms with Gasteiger partial charge in [-0.2, -0.15) is 0 Å². The number of esters is 1. The summed E-state index contributed by atoms with van der Waals surface area (Å²) in [6.07, 6.45) is 3.00. The van der Waals surface area contributed by atoms with Crippen molar-refractivity contribution >= 4 is 30.0 Å². The molecule has 43 heavy (non-hydrogen) atoms. The zero-order chi connectivity index (χ0) is 31.4. The number of nitrogens with zero attached hydrogens (tertiary/aromatic N) is 2. The van der Waals surface area contributed by atoms with Gasteiger partial charge in [0.1, 0.15) is 18.2 Å². The number of carbonyl (C=O) groups is 5. The van der Waals surface area contributed by atoms with Crippen LogP contribution in [0.1, 0.15) is 64.9 Å². The number of benzene rings is 1. The van der Waals surface area contributed by atoms with Gasteiger partial charge >= 0.3 is 18.2 Å². The maximum absolute atomic E-state index is 13.0. The molecule has 4 amide bonds. The smallest absolute Gasteiger partial charge is 0.410 e. The molecule has 2 saturated heterocycles. The van der Waals surface area contributed by atoms with Crippen LogP contribution in [-0.4, -0.2) is 91.2 Å². The van der Waals surface area contributed by atoms with Crippen LogP contribution in [-0.2, 0) is 35.2 Å². The predicted molar refractivity (Wildman–Crippen MR) is 158 cm³/mol. The molecule has 0 aromatic heterocycles. The number of piperidine rings is 2. The summed E-state index contributed by atoms with van der Waals surface area (Å²) in [5, 5.41) is 5.17. The summed E-state index contributed by atoms with van der Waals surface area (Å²) in [5.74, 6) is -1.05. The van der Waals surface area contributed by atoms with Gasteiger partial charge in [-0.15, -0.1) is 0 Å². The van der Waals surface area contributed by atoms with Crippen molar-refractivity contribution in [3.8, 4) is 0 Å². The van der Waals surface area contributed by atoms with Crippen LogP contribution in [0.2, 0.25) is 0 Å². The minimum Gasteiger partial charge on any atom is -0.467 e. The summed E-state index contributed by atoms with van der Waals surface area (Å²) >= 11 is 0. The third-order valence-corrected chi connectivity index (χ3v) is 7.65. The average molecular weight is 603 g/mol. The van der Waals surface area contributed by atoms with Gasteiger partial charge in [0.05, 0.1) is 13.0 Å². The van der Waals surface area contributed by atoms with E-state index in [1.807, 2.05) is 39.0 Å². The van der Waals surface area contributed by atoms with Crippen molar-refractivity contribution in [2.75, 3.05) is 39.8 Å². The second-order valence-corrected chi connectivity index (χ2v) is 12.2.